The fourth-order valence-corrected chi connectivity index (χ4v) is 4.07. The standard InChI is InChI=1S/C24H25N3O4/c1-16(22(28)26-30)27-14-12-24(2,23(27)29)18-9-7-17(8-10-18)15-31-21-11-13-25-20-6-4-3-5-19(20)21/h3-11,13,16,30H,12,14-15H2,1-2H3,(H,26,28). The van der Waals surface area contributed by atoms with Gasteiger partial charge in [-0.25, -0.2) is 5.48 Å². The molecule has 1 aliphatic heterocycles. The Hall–Kier alpha value is -3.45. The third-order valence-corrected chi connectivity index (χ3v) is 6.14. The van der Waals surface area contributed by atoms with E-state index in [9.17, 15) is 9.59 Å². The topological polar surface area (TPSA) is 91.8 Å². The van der Waals surface area contributed by atoms with Crippen LogP contribution in [0, 0.1) is 0 Å². The Morgan fingerprint density at radius 2 is 1.97 bits per heavy atom. The Balaban J connectivity index is 1.47. The predicted molar refractivity (Wildman–Crippen MR) is 116 cm³/mol. The summed E-state index contributed by atoms with van der Waals surface area (Å²) in [6.45, 7) is 4.37. The summed E-state index contributed by atoms with van der Waals surface area (Å²) in [6, 6.07) is 16.8. The Bertz CT molecular complexity index is 1110. The molecule has 2 unspecified atom stereocenters. The summed E-state index contributed by atoms with van der Waals surface area (Å²) in [4.78, 5) is 30.6. The van der Waals surface area contributed by atoms with Crippen LogP contribution < -0.4 is 10.2 Å². The minimum atomic E-state index is -0.720. The largest absolute Gasteiger partial charge is 0.488 e. The molecule has 0 saturated carbocycles. The van der Waals surface area contributed by atoms with Gasteiger partial charge in [0.25, 0.3) is 5.91 Å². The molecule has 1 saturated heterocycles. The van der Waals surface area contributed by atoms with E-state index in [-0.39, 0.29) is 5.91 Å². The van der Waals surface area contributed by atoms with Crippen LogP contribution in [0.25, 0.3) is 10.9 Å². The number of rotatable bonds is 6. The maximum atomic E-state index is 13.0. The molecule has 0 radical (unpaired) electrons. The second-order valence-electron chi connectivity index (χ2n) is 8.04. The van der Waals surface area contributed by atoms with Crippen LogP contribution in [0.2, 0.25) is 0 Å². The van der Waals surface area contributed by atoms with Crippen LogP contribution in [0.5, 0.6) is 5.75 Å². The zero-order valence-electron chi connectivity index (χ0n) is 17.5. The van der Waals surface area contributed by atoms with Crippen LogP contribution in [-0.2, 0) is 21.6 Å². The highest BCUT2D eigenvalue weighted by Gasteiger charge is 2.46. The molecule has 2 heterocycles. The normalized spacial score (nSPS) is 19.5. The SMILES string of the molecule is CC(C(=O)NO)N1CCC(C)(c2ccc(COc3ccnc4ccccc34)cc2)C1=O. The smallest absolute Gasteiger partial charge is 0.265 e. The molecule has 2 N–H and O–H groups in total. The Kier molecular flexibility index (Phi) is 5.61. The van der Waals surface area contributed by atoms with Gasteiger partial charge in [0.1, 0.15) is 18.4 Å². The van der Waals surface area contributed by atoms with Crippen molar-refractivity contribution in [2.75, 3.05) is 6.54 Å². The maximum Gasteiger partial charge on any atom is 0.265 e. The summed E-state index contributed by atoms with van der Waals surface area (Å²) in [6.07, 6.45) is 2.34. The lowest BCUT2D eigenvalue weighted by atomic mass is 9.81. The quantitative estimate of drug-likeness (QED) is 0.473. The molecule has 1 aromatic heterocycles. The minimum Gasteiger partial charge on any atom is -0.488 e. The number of nitrogens with zero attached hydrogens (tertiary/aromatic N) is 2. The Morgan fingerprint density at radius 1 is 1.23 bits per heavy atom. The van der Waals surface area contributed by atoms with E-state index in [1.54, 1.807) is 18.6 Å². The molecule has 4 rings (SSSR count). The second kappa shape index (κ2) is 8.35. The van der Waals surface area contributed by atoms with E-state index in [2.05, 4.69) is 4.98 Å². The average molecular weight is 419 g/mol. The lowest BCUT2D eigenvalue weighted by Gasteiger charge is -2.27. The number of para-hydroxylation sites is 1. The number of fused-ring (bicyclic) bond motifs is 1. The van der Waals surface area contributed by atoms with Crippen LogP contribution in [0.3, 0.4) is 0 Å². The number of aromatic nitrogens is 1. The van der Waals surface area contributed by atoms with E-state index in [1.165, 1.54) is 4.90 Å². The van der Waals surface area contributed by atoms with Gasteiger partial charge in [0.05, 0.1) is 10.9 Å². The van der Waals surface area contributed by atoms with Gasteiger partial charge in [-0.05, 0) is 49.6 Å². The number of hydrogen-bond donors (Lipinski definition) is 2. The Morgan fingerprint density at radius 3 is 2.71 bits per heavy atom. The fraction of sp³-hybridized carbons (Fsp3) is 0.292. The molecule has 0 bridgehead atoms. The fourth-order valence-electron chi connectivity index (χ4n) is 4.07. The first-order chi connectivity index (χ1) is 14.9. The van der Waals surface area contributed by atoms with Gasteiger partial charge in [-0.15, -0.1) is 0 Å². The second-order valence-corrected chi connectivity index (χ2v) is 8.04. The summed E-state index contributed by atoms with van der Waals surface area (Å²) < 4.78 is 6.02. The first-order valence-corrected chi connectivity index (χ1v) is 10.2. The lowest BCUT2D eigenvalue weighted by molar-refractivity contribution is -0.143. The van der Waals surface area contributed by atoms with Crippen molar-refractivity contribution < 1.29 is 19.5 Å². The molecule has 31 heavy (non-hydrogen) atoms. The molecule has 1 fully saturated rings. The molecular formula is C24H25N3O4. The van der Waals surface area contributed by atoms with Crippen molar-refractivity contribution in [3.05, 3.63) is 71.9 Å². The van der Waals surface area contributed by atoms with E-state index in [1.807, 2.05) is 61.5 Å². The summed E-state index contributed by atoms with van der Waals surface area (Å²) in [5.74, 6) is 0.0731. The number of ether oxygens (including phenoxy) is 1. The van der Waals surface area contributed by atoms with Gasteiger partial charge < -0.3 is 9.64 Å². The number of carbonyl (C=O) groups excluding carboxylic acids is 2. The molecule has 3 aromatic rings. The number of hydroxylamine groups is 1. The predicted octanol–water partition coefficient (Wildman–Crippen LogP) is 3.20. The number of carbonyl (C=O) groups is 2. The number of benzene rings is 2. The molecule has 1 aliphatic rings. The first kappa shape index (κ1) is 20.8. The summed E-state index contributed by atoms with van der Waals surface area (Å²) in [5.41, 5.74) is 3.69. The van der Waals surface area contributed by atoms with Crippen molar-refractivity contribution in [1.82, 2.24) is 15.4 Å². The molecular weight excluding hydrogens is 394 g/mol. The van der Waals surface area contributed by atoms with Gasteiger partial charge >= 0.3 is 0 Å². The lowest BCUT2D eigenvalue weighted by Crippen LogP contribution is -2.47. The van der Waals surface area contributed by atoms with Gasteiger partial charge in [0.15, 0.2) is 0 Å². The molecule has 160 valence electrons. The van der Waals surface area contributed by atoms with Gasteiger partial charge in [-0.1, -0.05) is 36.4 Å². The van der Waals surface area contributed by atoms with Crippen LogP contribution >= 0.6 is 0 Å². The van der Waals surface area contributed by atoms with Crippen LogP contribution in [0.15, 0.2) is 60.8 Å². The van der Waals surface area contributed by atoms with Crippen molar-refractivity contribution in [2.24, 2.45) is 0 Å². The molecule has 2 amide bonds. The third kappa shape index (κ3) is 3.84. The van der Waals surface area contributed by atoms with Crippen LogP contribution in [0.1, 0.15) is 31.4 Å². The number of hydrogen-bond acceptors (Lipinski definition) is 5. The zero-order valence-corrected chi connectivity index (χ0v) is 17.5. The van der Waals surface area contributed by atoms with Gasteiger partial charge in [0, 0.05) is 18.1 Å². The number of nitrogens with one attached hydrogen (secondary N) is 1. The highest BCUT2D eigenvalue weighted by Crippen LogP contribution is 2.36. The van der Waals surface area contributed by atoms with Crippen molar-refractivity contribution in [1.29, 1.82) is 0 Å². The zero-order chi connectivity index (χ0) is 22.0. The van der Waals surface area contributed by atoms with Crippen molar-refractivity contribution in [3.8, 4) is 5.75 Å². The van der Waals surface area contributed by atoms with Crippen molar-refractivity contribution in [2.45, 2.75) is 38.3 Å². The van der Waals surface area contributed by atoms with Crippen LogP contribution in [0.4, 0.5) is 0 Å². The highest BCUT2D eigenvalue weighted by molar-refractivity contribution is 5.94. The number of likely N-dealkylation sites (tertiary alicyclic amines) is 1. The summed E-state index contributed by atoms with van der Waals surface area (Å²) >= 11 is 0. The number of amides is 2. The highest BCUT2D eigenvalue weighted by atomic mass is 16.5. The molecule has 7 heteroatoms. The monoisotopic (exact) mass is 419 g/mol. The van der Waals surface area contributed by atoms with Crippen molar-refractivity contribution in [3.63, 3.8) is 0 Å². The van der Waals surface area contributed by atoms with E-state index in [0.29, 0.717) is 19.6 Å². The summed E-state index contributed by atoms with van der Waals surface area (Å²) in [5, 5.41) is 9.83. The molecule has 2 atom stereocenters. The van der Waals surface area contributed by atoms with Crippen molar-refractivity contribution >= 4 is 22.7 Å². The van der Waals surface area contributed by atoms with E-state index >= 15 is 0 Å². The van der Waals surface area contributed by atoms with E-state index in [0.717, 1.165) is 27.8 Å². The average Bonchev–Trinajstić information content (AvgIpc) is 3.12. The minimum absolute atomic E-state index is 0.115. The first-order valence-electron chi connectivity index (χ1n) is 10.2. The van der Waals surface area contributed by atoms with Crippen LogP contribution in [-0.4, -0.2) is 39.5 Å². The molecule has 2 aromatic carbocycles. The van der Waals surface area contributed by atoms with E-state index < -0.39 is 17.4 Å². The maximum absolute atomic E-state index is 13.0. The van der Waals surface area contributed by atoms with Gasteiger partial charge in [-0.3, -0.25) is 19.8 Å². The molecule has 7 nitrogen and oxygen atoms in total. The van der Waals surface area contributed by atoms with Gasteiger partial charge in [0.2, 0.25) is 5.91 Å². The molecule has 0 spiro atoms. The molecule has 0 aliphatic carbocycles. The van der Waals surface area contributed by atoms with Gasteiger partial charge in [-0.2, -0.15) is 0 Å². The Labute approximate surface area is 180 Å². The number of pyridine rings is 1. The third-order valence-electron chi connectivity index (χ3n) is 6.14. The summed E-state index contributed by atoms with van der Waals surface area (Å²) in [7, 11) is 0. The van der Waals surface area contributed by atoms with E-state index in [4.69, 9.17) is 9.94 Å².